The van der Waals surface area contributed by atoms with Crippen molar-refractivity contribution < 1.29 is 19.4 Å². The molecular weight excluding hydrogens is 464 g/mol. The summed E-state index contributed by atoms with van der Waals surface area (Å²) in [6, 6.07) is 18.6. The second-order valence-electron chi connectivity index (χ2n) is 9.85. The molecule has 37 heavy (non-hydrogen) atoms. The van der Waals surface area contributed by atoms with Crippen molar-refractivity contribution in [2.45, 2.75) is 58.5 Å². The third-order valence-electron chi connectivity index (χ3n) is 7.38. The van der Waals surface area contributed by atoms with Crippen molar-refractivity contribution in [1.82, 2.24) is 9.38 Å². The summed E-state index contributed by atoms with van der Waals surface area (Å²) in [6.45, 7) is 4.11. The van der Waals surface area contributed by atoms with Gasteiger partial charge in [0.15, 0.2) is 6.10 Å². The van der Waals surface area contributed by atoms with Gasteiger partial charge in [0.25, 0.3) is 0 Å². The van der Waals surface area contributed by atoms with Gasteiger partial charge in [0.2, 0.25) is 0 Å². The summed E-state index contributed by atoms with van der Waals surface area (Å²) in [5.41, 5.74) is 6.27. The van der Waals surface area contributed by atoms with E-state index in [1.807, 2.05) is 60.0 Å². The molecule has 2 aromatic heterocycles. The van der Waals surface area contributed by atoms with Gasteiger partial charge in [0, 0.05) is 6.20 Å². The predicted molar refractivity (Wildman–Crippen MR) is 143 cm³/mol. The fourth-order valence-corrected chi connectivity index (χ4v) is 5.26. The molecule has 6 nitrogen and oxygen atoms in total. The average molecular weight is 497 g/mol. The second kappa shape index (κ2) is 10.6. The van der Waals surface area contributed by atoms with Gasteiger partial charge in [0.1, 0.15) is 5.65 Å². The van der Waals surface area contributed by atoms with Crippen LogP contribution in [0.25, 0.3) is 16.8 Å². The van der Waals surface area contributed by atoms with Gasteiger partial charge in [-0.3, -0.25) is 9.20 Å². The molecule has 1 fully saturated rings. The van der Waals surface area contributed by atoms with Crippen LogP contribution in [0.15, 0.2) is 66.9 Å². The molecule has 0 bridgehead atoms. The average Bonchev–Trinajstić information content (AvgIpc) is 3.38. The van der Waals surface area contributed by atoms with E-state index in [0.717, 1.165) is 65.8 Å². The molecule has 1 atom stereocenters. The zero-order valence-electron chi connectivity index (χ0n) is 21.3. The van der Waals surface area contributed by atoms with Crippen LogP contribution in [-0.2, 0) is 16.0 Å². The quantitative estimate of drug-likeness (QED) is 0.285. The molecule has 2 heterocycles. The van der Waals surface area contributed by atoms with Crippen LogP contribution in [0.2, 0.25) is 0 Å². The first-order valence-corrected chi connectivity index (χ1v) is 13.1. The minimum Gasteiger partial charge on any atom is -0.478 e. The minimum absolute atomic E-state index is 0.0760. The van der Waals surface area contributed by atoms with E-state index in [-0.39, 0.29) is 17.5 Å². The number of fused-ring (bicyclic) bond motifs is 1. The van der Waals surface area contributed by atoms with Crippen LogP contribution in [0.4, 0.5) is 0 Å². The Morgan fingerprint density at radius 3 is 2.46 bits per heavy atom. The van der Waals surface area contributed by atoms with Crippen LogP contribution in [0, 0.1) is 12.8 Å². The maximum absolute atomic E-state index is 13.3. The molecule has 0 aliphatic heterocycles. The second-order valence-corrected chi connectivity index (χ2v) is 9.85. The van der Waals surface area contributed by atoms with Crippen molar-refractivity contribution in [2.24, 2.45) is 5.92 Å². The Balaban J connectivity index is 1.57. The van der Waals surface area contributed by atoms with E-state index in [2.05, 4.69) is 6.92 Å². The molecule has 190 valence electrons. The van der Waals surface area contributed by atoms with E-state index in [4.69, 9.17) is 9.72 Å². The van der Waals surface area contributed by atoms with Crippen LogP contribution in [0.3, 0.4) is 0 Å². The summed E-state index contributed by atoms with van der Waals surface area (Å²) in [7, 11) is 0. The first-order chi connectivity index (χ1) is 18.0. The number of carbonyl (C=O) groups excluding carboxylic acids is 1. The lowest BCUT2D eigenvalue weighted by molar-refractivity contribution is -0.153. The summed E-state index contributed by atoms with van der Waals surface area (Å²) >= 11 is 0. The smallest absolute Gasteiger partial charge is 0.336 e. The van der Waals surface area contributed by atoms with Gasteiger partial charge in [0.05, 0.1) is 22.9 Å². The van der Waals surface area contributed by atoms with Crippen molar-refractivity contribution in [3.63, 3.8) is 0 Å². The zero-order chi connectivity index (χ0) is 25.9. The van der Waals surface area contributed by atoms with Crippen molar-refractivity contribution in [3.05, 3.63) is 94.9 Å². The number of ether oxygens (including phenoxy) is 1. The van der Waals surface area contributed by atoms with Crippen LogP contribution in [0.5, 0.6) is 0 Å². The zero-order valence-corrected chi connectivity index (χ0v) is 21.3. The summed E-state index contributed by atoms with van der Waals surface area (Å²) in [5.74, 6) is -1.20. The molecule has 0 radical (unpaired) electrons. The number of carboxylic acid groups (broad SMARTS) is 1. The lowest BCUT2D eigenvalue weighted by atomic mass is 9.89. The van der Waals surface area contributed by atoms with Crippen LogP contribution in [-0.4, -0.2) is 26.4 Å². The number of imidazole rings is 1. The Kier molecular flexibility index (Phi) is 7.08. The topological polar surface area (TPSA) is 80.9 Å². The first kappa shape index (κ1) is 24.8. The van der Waals surface area contributed by atoms with Gasteiger partial charge in [-0.25, -0.2) is 9.78 Å². The molecule has 2 aromatic carbocycles. The summed E-state index contributed by atoms with van der Waals surface area (Å²) in [4.78, 5) is 29.8. The molecule has 6 heteroatoms. The molecule has 0 amide bonds. The summed E-state index contributed by atoms with van der Waals surface area (Å²) < 4.78 is 8.32. The number of pyridine rings is 1. The Labute approximate surface area is 216 Å². The Morgan fingerprint density at radius 2 is 1.76 bits per heavy atom. The number of nitrogens with zero attached hydrogens (tertiary/aromatic N) is 2. The third-order valence-corrected chi connectivity index (χ3v) is 7.38. The largest absolute Gasteiger partial charge is 0.478 e. The normalized spacial score (nSPS) is 15.0. The number of hydrogen-bond donors (Lipinski definition) is 1. The molecule has 1 saturated carbocycles. The SMILES string of the molecule is CCc1cn2c(C(OC(=O)C3CCCCC3)c3ccc(-c4ccccc4C(=O)O)cc3)ccc(C)c2n1. The summed E-state index contributed by atoms with van der Waals surface area (Å²) in [6.07, 6.45) is 7.23. The fourth-order valence-electron chi connectivity index (χ4n) is 5.26. The highest BCUT2D eigenvalue weighted by Crippen LogP contribution is 2.34. The minimum atomic E-state index is -0.965. The molecule has 1 aliphatic carbocycles. The maximum Gasteiger partial charge on any atom is 0.336 e. The van der Waals surface area contributed by atoms with Crippen molar-refractivity contribution in [2.75, 3.05) is 0 Å². The standard InChI is InChI=1S/C31H32N2O4/c1-3-24-19-33-27(18-13-20(2)29(33)32-24)28(37-31(36)23-9-5-4-6-10-23)22-16-14-21(15-17-22)25-11-7-8-12-26(25)30(34)35/h7-8,11-19,23,28H,3-6,9-10H2,1-2H3,(H,34,35). The number of carboxylic acids is 1. The van der Waals surface area contributed by atoms with E-state index in [9.17, 15) is 14.7 Å². The highest BCUT2D eigenvalue weighted by atomic mass is 16.5. The maximum atomic E-state index is 13.3. The number of aromatic carboxylic acids is 1. The monoisotopic (exact) mass is 496 g/mol. The van der Waals surface area contributed by atoms with E-state index in [0.29, 0.717) is 5.56 Å². The van der Waals surface area contributed by atoms with E-state index in [1.165, 1.54) is 6.42 Å². The molecule has 1 N–H and O–H groups in total. The van der Waals surface area contributed by atoms with Gasteiger partial charge < -0.3 is 9.84 Å². The van der Waals surface area contributed by atoms with Gasteiger partial charge in [-0.05, 0) is 60.6 Å². The molecular formula is C31H32N2O4. The van der Waals surface area contributed by atoms with Crippen molar-refractivity contribution in [3.8, 4) is 11.1 Å². The number of aryl methyl sites for hydroxylation is 2. The number of carbonyl (C=O) groups is 2. The first-order valence-electron chi connectivity index (χ1n) is 13.1. The highest BCUT2D eigenvalue weighted by molar-refractivity contribution is 5.96. The van der Waals surface area contributed by atoms with Crippen LogP contribution >= 0.6 is 0 Å². The molecule has 1 unspecified atom stereocenters. The van der Waals surface area contributed by atoms with E-state index in [1.54, 1.807) is 18.2 Å². The van der Waals surface area contributed by atoms with Gasteiger partial charge >= 0.3 is 11.9 Å². The van der Waals surface area contributed by atoms with Crippen LogP contribution < -0.4 is 0 Å². The fraction of sp³-hybridized carbons (Fsp3) is 0.323. The molecule has 1 aliphatic rings. The number of aromatic nitrogens is 2. The van der Waals surface area contributed by atoms with Gasteiger partial charge in [-0.15, -0.1) is 0 Å². The lowest BCUT2D eigenvalue weighted by Gasteiger charge is -2.25. The van der Waals surface area contributed by atoms with Crippen LogP contribution in [0.1, 0.15) is 78.0 Å². The van der Waals surface area contributed by atoms with E-state index < -0.39 is 12.1 Å². The predicted octanol–water partition coefficient (Wildman–Crippen LogP) is 6.78. The Bertz CT molecular complexity index is 1430. The third kappa shape index (κ3) is 5.01. The van der Waals surface area contributed by atoms with E-state index >= 15 is 0 Å². The number of esters is 1. The Hall–Kier alpha value is -3.93. The number of benzene rings is 2. The van der Waals surface area contributed by atoms with Gasteiger partial charge in [-0.1, -0.05) is 74.7 Å². The van der Waals surface area contributed by atoms with Crippen molar-refractivity contribution in [1.29, 1.82) is 0 Å². The lowest BCUT2D eigenvalue weighted by Crippen LogP contribution is -2.24. The molecule has 4 aromatic rings. The molecule has 0 spiro atoms. The highest BCUT2D eigenvalue weighted by Gasteiger charge is 2.28. The number of rotatable bonds is 7. The Morgan fingerprint density at radius 1 is 1.03 bits per heavy atom. The summed E-state index contributed by atoms with van der Waals surface area (Å²) in [5, 5.41) is 9.62. The molecule has 0 saturated heterocycles. The van der Waals surface area contributed by atoms with Gasteiger partial charge in [-0.2, -0.15) is 0 Å². The van der Waals surface area contributed by atoms with Crippen molar-refractivity contribution >= 4 is 17.6 Å². The molecule has 5 rings (SSSR count). The number of hydrogen-bond acceptors (Lipinski definition) is 4.